The third kappa shape index (κ3) is 7.08. The van der Waals surface area contributed by atoms with Gasteiger partial charge in [-0.1, -0.05) is 55.7 Å². The van der Waals surface area contributed by atoms with Crippen molar-refractivity contribution >= 4 is 11.6 Å². The summed E-state index contributed by atoms with van der Waals surface area (Å²) in [6.07, 6.45) is 11.1. The van der Waals surface area contributed by atoms with Crippen molar-refractivity contribution in [2.45, 2.75) is 94.4 Å². The quantitative estimate of drug-likeness (QED) is 0.296. The molecule has 0 aromatic heterocycles. The highest BCUT2D eigenvalue weighted by Gasteiger charge is 2.53. The van der Waals surface area contributed by atoms with Gasteiger partial charge in [0.2, 0.25) is 0 Å². The van der Waals surface area contributed by atoms with Gasteiger partial charge < -0.3 is 0 Å². The lowest BCUT2D eigenvalue weighted by Crippen LogP contribution is -2.52. The maximum absolute atomic E-state index is 13.6. The van der Waals surface area contributed by atoms with Crippen LogP contribution in [0.5, 0.6) is 0 Å². The first kappa shape index (κ1) is 25.6. The van der Waals surface area contributed by atoms with Crippen molar-refractivity contribution in [2.24, 2.45) is 29.1 Å². The summed E-state index contributed by atoms with van der Waals surface area (Å²) in [6.45, 7) is 18.7. The van der Waals surface area contributed by atoms with Crippen molar-refractivity contribution in [2.75, 3.05) is 0 Å². The van der Waals surface area contributed by atoms with Gasteiger partial charge in [-0.25, -0.2) is 0 Å². The maximum Gasteiger partial charge on any atom is 0.147 e. The number of Topliss-reactive ketones (excluding diaryl/α,β-unsaturated/α-hetero) is 2. The normalized spacial score (nSPS) is 26.8. The Hall–Kier alpha value is -1.44. The second-order valence-electron chi connectivity index (χ2n) is 10.4. The first-order chi connectivity index (χ1) is 13.4. The van der Waals surface area contributed by atoms with Gasteiger partial charge in [0.05, 0.1) is 5.92 Å². The number of rotatable bonds is 9. The maximum atomic E-state index is 13.6. The van der Waals surface area contributed by atoms with Crippen LogP contribution in [0.25, 0.3) is 0 Å². The zero-order chi connectivity index (χ0) is 22.4. The number of hydrogen-bond donors (Lipinski definition) is 0. The Balaban J connectivity index is 3.41. The molecule has 0 aromatic rings. The molecule has 1 fully saturated rings. The molecular weight excluding hydrogens is 356 g/mol. The van der Waals surface area contributed by atoms with Crippen molar-refractivity contribution in [3.63, 3.8) is 0 Å². The molecule has 2 heteroatoms. The summed E-state index contributed by atoms with van der Waals surface area (Å²) < 4.78 is 0. The van der Waals surface area contributed by atoms with Crippen LogP contribution in [0, 0.1) is 29.1 Å². The molecule has 2 nitrogen and oxygen atoms in total. The zero-order valence-corrected chi connectivity index (χ0v) is 20.4. The predicted molar refractivity (Wildman–Crippen MR) is 125 cm³/mol. The van der Waals surface area contributed by atoms with Crippen LogP contribution in [-0.4, -0.2) is 11.6 Å². The smallest absolute Gasteiger partial charge is 0.147 e. The van der Waals surface area contributed by atoms with Gasteiger partial charge in [-0.3, -0.25) is 9.59 Å². The lowest BCUT2D eigenvalue weighted by atomic mass is 9.53. The standard InChI is InChI=1S/C27H44O2/c1-18(2)11-10-16-27(9)23(15-13-20(5)6)17-22(14-12-19(3)4)26(29)24(27)25(28)21(7)8/h11-13,21-24H,10,14-17H2,1-9H3/t22-,23-,24+,27+/m0/s1. The topological polar surface area (TPSA) is 34.1 Å². The third-order valence-corrected chi connectivity index (χ3v) is 6.56. The number of carbonyl (C=O) groups excluding carboxylic acids is 2. The molecule has 1 saturated carbocycles. The molecule has 0 unspecified atom stereocenters. The van der Waals surface area contributed by atoms with Crippen molar-refractivity contribution in [3.05, 3.63) is 34.9 Å². The molecule has 1 rings (SSSR count). The highest BCUT2D eigenvalue weighted by molar-refractivity contribution is 6.05. The van der Waals surface area contributed by atoms with Crippen LogP contribution in [0.1, 0.15) is 94.4 Å². The molecule has 0 bridgehead atoms. The molecule has 0 aliphatic heterocycles. The van der Waals surface area contributed by atoms with Gasteiger partial charge in [-0.15, -0.1) is 0 Å². The summed E-state index contributed by atoms with van der Waals surface area (Å²) in [5, 5.41) is 0. The number of allylic oxidation sites excluding steroid dienone is 6. The molecule has 29 heavy (non-hydrogen) atoms. The molecule has 0 saturated heterocycles. The van der Waals surface area contributed by atoms with Crippen molar-refractivity contribution in [1.29, 1.82) is 0 Å². The predicted octanol–water partition coefficient (Wildman–Crippen LogP) is 7.50. The average Bonchev–Trinajstić information content (AvgIpc) is 2.59. The fourth-order valence-electron chi connectivity index (χ4n) is 4.68. The van der Waals surface area contributed by atoms with E-state index in [4.69, 9.17) is 0 Å². The van der Waals surface area contributed by atoms with Crippen LogP contribution >= 0.6 is 0 Å². The summed E-state index contributed by atoms with van der Waals surface area (Å²) in [7, 11) is 0. The minimum atomic E-state index is -0.479. The third-order valence-electron chi connectivity index (χ3n) is 6.56. The second kappa shape index (κ2) is 11.1. The number of carbonyl (C=O) groups is 2. The first-order valence-corrected chi connectivity index (χ1v) is 11.4. The fourth-order valence-corrected chi connectivity index (χ4v) is 4.68. The van der Waals surface area contributed by atoms with Gasteiger partial charge >= 0.3 is 0 Å². The fraction of sp³-hybridized carbons (Fsp3) is 0.704. The van der Waals surface area contributed by atoms with Crippen molar-refractivity contribution < 1.29 is 9.59 Å². The molecule has 0 spiro atoms. The van der Waals surface area contributed by atoms with E-state index in [2.05, 4.69) is 66.7 Å². The molecule has 0 N–H and O–H groups in total. The summed E-state index contributed by atoms with van der Waals surface area (Å²) in [5.41, 5.74) is 3.56. The van der Waals surface area contributed by atoms with E-state index in [9.17, 15) is 9.59 Å². The van der Waals surface area contributed by atoms with Crippen LogP contribution in [0.15, 0.2) is 34.9 Å². The van der Waals surface area contributed by atoms with E-state index in [0.717, 1.165) is 32.1 Å². The van der Waals surface area contributed by atoms with Crippen molar-refractivity contribution in [3.8, 4) is 0 Å². The van der Waals surface area contributed by atoms with Crippen LogP contribution in [0.4, 0.5) is 0 Å². The van der Waals surface area contributed by atoms with Gasteiger partial charge in [-0.05, 0) is 85.0 Å². The summed E-state index contributed by atoms with van der Waals surface area (Å²) in [5.74, 6) is 0.0488. The molecule has 0 radical (unpaired) electrons. The highest BCUT2D eigenvalue weighted by atomic mass is 16.2. The SMILES string of the molecule is CC(C)=CCC[C@]1(C)[C@@H](CC=C(C)C)C[C@H](CC=C(C)C)C(=O)[C@H]1C(=O)C(C)C. The molecule has 0 amide bonds. The van der Waals surface area contributed by atoms with E-state index < -0.39 is 5.92 Å². The number of ketones is 2. The monoisotopic (exact) mass is 400 g/mol. The Morgan fingerprint density at radius 2 is 1.48 bits per heavy atom. The largest absolute Gasteiger partial charge is 0.299 e. The minimum Gasteiger partial charge on any atom is -0.299 e. The van der Waals surface area contributed by atoms with E-state index in [0.29, 0.717) is 5.92 Å². The lowest BCUT2D eigenvalue weighted by Gasteiger charge is -2.49. The summed E-state index contributed by atoms with van der Waals surface area (Å²) in [4.78, 5) is 26.9. The molecule has 0 aromatic carbocycles. The van der Waals surface area contributed by atoms with Gasteiger partial charge in [-0.2, -0.15) is 0 Å². The molecule has 164 valence electrons. The zero-order valence-electron chi connectivity index (χ0n) is 20.4. The van der Waals surface area contributed by atoms with Gasteiger partial charge in [0, 0.05) is 11.8 Å². The average molecular weight is 401 g/mol. The summed E-state index contributed by atoms with van der Waals surface area (Å²) in [6, 6.07) is 0. The first-order valence-electron chi connectivity index (χ1n) is 11.4. The number of hydrogen-bond acceptors (Lipinski definition) is 2. The van der Waals surface area contributed by atoms with Crippen molar-refractivity contribution in [1.82, 2.24) is 0 Å². The van der Waals surface area contributed by atoms with E-state index in [1.807, 2.05) is 13.8 Å². The molecule has 4 atom stereocenters. The summed E-state index contributed by atoms with van der Waals surface area (Å²) >= 11 is 0. The molecule has 0 heterocycles. The molecule has 1 aliphatic carbocycles. The Labute approximate surface area is 179 Å². The van der Waals surface area contributed by atoms with Gasteiger partial charge in [0.1, 0.15) is 11.6 Å². The van der Waals surface area contributed by atoms with Crippen LogP contribution in [-0.2, 0) is 9.59 Å². The Bertz CT molecular complexity index is 665. The lowest BCUT2D eigenvalue weighted by molar-refractivity contribution is -0.150. The van der Waals surface area contributed by atoms with E-state index in [1.54, 1.807) is 0 Å². The van der Waals surface area contributed by atoms with E-state index in [-0.39, 0.29) is 28.8 Å². The highest BCUT2D eigenvalue weighted by Crippen LogP contribution is 2.52. The molecular formula is C27H44O2. The van der Waals surface area contributed by atoms with Crippen LogP contribution < -0.4 is 0 Å². The van der Waals surface area contributed by atoms with E-state index in [1.165, 1.54) is 16.7 Å². The Kier molecular flexibility index (Phi) is 9.79. The van der Waals surface area contributed by atoms with E-state index >= 15 is 0 Å². The Morgan fingerprint density at radius 3 is 1.97 bits per heavy atom. The minimum absolute atomic E-state index is 0.0373. The van der Waals surface area contributed by atoms with Gasteiger partial charge in [0.25, 0.3) is 0 Å². The molecule has 1 aliphatic rings. The van der Waals surface area contributed by atoms with Crippen LogP contribution in [0.2, 0.25) is 0 Å². The van der Waals surface area contributed by atoms with Gasteiger partial charge in [0.15, 0.2) is 0 Å². The Morgan fingerprint density at radius 1 is 0.966 bits per heavy atom. The van der Waals surface area contributed by atoms with Crippen LogP contribution in [0.3, 0.4) is 0 Å². The second-order valence-corrected chi connectivity index (χ2v) is 10.4.